The normalized spacial score (nSPS) is 10.1. The number of hydrogen-bond acceptors (Lipinski definition) is 2. The van der Waals surface area contributed by atoms with Crippen molar-refractivity contribution in [3.05, 3.63) is 23.9 Å². The fourth-order valence-corrected chi connectivity index (χ4v) is 1.06. The van der Waals surface area contributed by atoms with Crippen LogP contribution in [0.25, 0.3) is 0 Å². The fraction of sp³-hybridized carbons (Fsp3) is 0.545. The summed E-state index contributed by atoms with van der Waals surface area (Å²) < 4.78 is 5.49. The molecule has 0 spiro atoms. The molecule has 0 unspecified atom stereocenters. The van der Waals surface area contributed by atoms with Gasteiger partial charge in [-0.15, -0.1) is 0 Å². The molecule has 1 rings (SSSR count). The summed E-state index contributed by atoms with van der Waals surface area (Å²) in [5, 5.41) is 0. The van der Waals surface area contributed by atoms with Gasteiger partial charge in [-0.25, -0.2) is 4.98 Å². The second kappa shape index (κ2) is 5.68. The van der Waals surface area contributed by atoms with Gasteiger partial charge in [-0.1, -0.05) is 19.9 Å². The van der Waals surface area contributed by atoms with E-state index in [-0.39, 0.29) is 14.5 Å². The summed E-state index contributed by atoms with van der Waals surface area (Å²) in [6.07, 6.45) is 0.190. The predicted octanol–water partition coefficient (Wildman–Crippen LogP) is 2.61. The second-order valence-electron chi connectivity index (χ2n) is 3.72. The third-order valence-electron chi connectivity index (χ3n) is 1.69. The lowest BCUT2D eigenvalue weighted by molar-refractivity contribution is 0.232. The minimum atomic E-state index is 0. The Morgan fingerprint density at radius 2 is 1.79 bits per heavy atom. The van der Waals surface area contributed by atoms with Gasteiger partial charge in [0.25, 0.3) is 0 Å². The van der Waals surface area contributed by atoms with Crippen LogP contribution in [0, 0.1) is 0 Å². The Hall–Kier alpha value is -0.985. The van der Waals surface area contributed by atoms with Gasteiger partial charge < -0.3 is 4.74 Å². The van der Waals surface area contributed by atoms with Crippen LogP contribution in [0.15, 0.2) is 18.2 Å². The molecule has 3 heteroatoms. The summed E-state index contributed by atoms with van der Waals surface area (Å²) in [4.78, 5) is 4.39. The van der Waals surface area contributed by atoms with Crippen LogP contribution in [-0.2, 0) is 0 Å². The first-order valence-corrected chi connectivity index (χ1v) is 4.73. The lowest BCUT2D eigenvalue weighted by Crippen LogP contribution is -2.07. The first-order chi connectivity index (χ1) is 6.09. The van der Waals surface area contributed by atoms with Crippen molar-refractivity contribution in [2.24, 2.45) is 0 Å². The number of aromatic nitrogens is 1. The topological polar surface area (TPSA) is 22.1 Å². The van der Waals surface area contributed by atoms with Crippen LogP contribution in [0.4, 0.5) is 0 Å². The minimum absolute atomic E-state index is 0. The third-order valence-corrected chi connectivity index (χ3v) is 1.69. The highest BCUT2D eigenvalue weighted by molar-refractivity contribution is 5.75. The molecule has 0 aliphatic heterocycles. The van der Waals surface area contributed by atoms with Crippen LogP contribution in [0.2, 0.25) is 0 Å². The highest BCUT2D eigenvalue weighted by Crippen LogP contribution is 2.15. The zero-order valence-electron chi connectivity index (χ0n) is 9.32. The van der Waals surface area contributed by atoms with Gasteiger partial charge in [-0.2, -0.15) is 0 Å². The quantitative estimate of drug-likeness (QED) is 0.683. The summed E-state index contributed by atoms with van der Waals surface area (Å²) in [7, 11) is 0. The molecule has 0 aliphatic rings. The first kappa shape index (κ1) is 13.0. The molecule has 1 aromatic heterocycles. The van der Waals surface area contributed by atoms with Gasteiger partial charge in [0.2, 0.25) is 5.88 Å². The molecule has 2 nitrogen and oxygen atoms in total. The van der Waals surface area contributed by atoms with Gasteiger partial charge >= 0.3 is 0 Å². The standard InChI is InChI=1S/C11H17NO.B/c1-8(2)10-6-5-7-11(12-10)13-9(3)4;/h5-9H,1-4H3;. The SMILES string of the molecule is CC(C)Oc1cccc(C(C)C)n1.[B]. The van der Waals surface area contributed by atoms with Gasteiger partial charge in [0.1, 0.15) is 0 Å². The van der Waals surface area contributed by atoms with Crippen LogP contribution >= 0.6 is 0 Å². The molecule has 0 fully saturated rings. The Kier molecular flexibility index (Phi) is 5.28. The van der Waals surface area contributed by atoms with Crippen molar-refractivity contribution in [1.29, 1.82) is 0 Å². The zero-order valence-corrected chi connectivity index (χ0v) is 9.32. The Morgan fingerprint density at radius 1 is 1.14 bits per heavy atom. The molecule has 0 amide bonds. The summed E-state index contributed by atoms with van der Waals surface area (Å²) in [5.74, 6) is 1.18. The molecule has 0 N–H and O–H groups in total. The van der Waals surface area contributed by atoms with Gasteiger partial charge in [0.05, 0.1) is 6.10 Å². The highest BCUT2D eigenvalue weighted by Gasteiger charge is 2.03. The molecule has 14 heavy (non-hydrogen) atoms. The predicted molar refractivity (Wildman–Crippen MR) is 59.8 cm³/mol. The fourth-order valence-electron chi connectivity index (χ4n) is 1.06. The molecule has 0 saturated carbocycles. The van der Waals surface area contributed by atoms with E-state index >= 15 is 0 Å². The maximum Gasteiger partial charge on any atom is 0.213 e. The molecule has 1 heterocycles. The van der Waals surface area contributed by atoms with E-state index in [0.29, 0.717) is 5.92 Å². The third kappa shape index (κ3) is 3.82. The summed E-state index contributed by atoms with van der Waals surface area (Å²) in [6.45, 7) is 8.26. The molecule has 0 aliphatic carbocycles. The Morgan fingerprint density at radius 3 is 2.29 bits per heavy atom. The van der Waals surface area contributed by atoms with E-state index in [1.54, 1.807) is 0 Å². The van der Waals surface area contributed by atoms with Crippen LogP contribution in [-0.4, -0.2) is 19.5 Å². The molecule has 0 aromatic carbocycles. The van der Waals surface area contributed by atoms with Gasteiger partial charge in [-0.3, -0.25) is 0 Å². The number of rotatable bonds is 3. The molecule has 75 valence electrons. The lowest BCUT2D eigenvalue weighted by atomic mass is 10.1. The number of pyridine rings is 1. The van der Waals surface area contributed by atoms with E-state index in [1.165, 1.54) is 0 Å². The van der Waals surface area contributed by atoms with Crippen LogP contribution in [0.5, 0.6) is 5.88 Å². The van der Waals surface area contributed by atoms with Crippen LogP contribution in [0.1, 0.15) is 39.3 Å². The van der Waals surface area contributed by atoms with Crippen molar-refractivity contribution >= 4 is 8.41 Å². The number of nitrogens with zero attached hydrogens (tertiary/aromatic N) is 1. The van der Waals surface area contributed by atoms with Crippen molar-refractivity contribution in [2.45, 2.75) is 39.7 Å². The maximum absolute atomic E-state index is 5.49. The van der Waals surface area contributed by atoms with E-state index in [9.17, 15) is 0 Å². The summed E-state index contributed by atoms with van der Waals surface area (Å²) in [5.41, 5.74) is 1.08. The molecule has 0 atom stereocenters. The number of ether oxygens (including phenoxy) is 1. The van der Waals surface area contributed by atoms with E-state index in [2.05, 4.69) is 18.8 Å². The minimum Gasteiger partial charge on any atom is -0.475 e. The van der Waals surface area contributed by atoms with Gasteiger partial charge in [0.15, 0.2) is 0 Å². The van der Waals surface area contributed by atoms with E-state index in [4.69, 9.17) is 4.74 Å². The highest BCUT2D eigenvalue weighted by atomic mass is 16.5. The Bertz CT molecular complexity index is 274. The van der Waals surface area contributed by atoms with Crippen molar-refractivity contribution in [3.63, 3.8) is 0 Å². The monoisotopic (exact) mass is 190 g/mol. The van der Waals surface area contributed by atoms with E-state index < -0.39 is 0 Å². The second-order valence-corrected chi connectivity index (χ2v) is 3.72. The Labute approximate surface area is 88.3 Å². The molecule has 1 aromatic rings. The molecule has 3 radical (unpaired) electrons. The van der Waals surface area contributed by atoms with Crippen molar-refractivity contribution in [1.82, 2.24) is 4.98 Å². The summed E-state index contributed by atoms with van der Waals surface area (Å²) in [6, 6.07) is 5.91. The van der Waals surface area contributed by atoms with Gasteiger partial charge in [0, 0.05) is 20.2 Å². The molecular formula is C11H17BNO. The van der Waals surface area contributed by atoms with Crippen LogP contribution in [0.3, 0.4) is 0 Å². The molecular weight excluding hydrogens is 173 g/mol. The van der Waals surface area contributed by atoms with Crippen molar-refractivity contribution < 1.29 is 4.74 Å². The molecule has 0 saturated heterocycles. The summed E-state index contributed by atoms with van der Waals surface area (Å²) >= 11 is 0. The van der Waals surface area contributed by atoms with Crippen LogP contribution < -0.4 is 4.74 Å². The van der Waals surface area contributed by atoms with E-state index in [0.717, 1.165) is 11.6 Å². The Balaban J connectivity index is 0.00000169. The lowest BCUT2D eigenvalue weighted by Gasteiger charge is -2.10. The van der Waals surface area contributed by atoms with E-state index in [1.807, 2.05) is 32.0 Å². The average Bonchev–Trinajstić information content (AvgIpc) is 2.03. The number of hydrogen-bond donors (Lipinski definition) is 0. The van der Waals surface area contributed by atoms with Gasteiger partial charge in [-0.05, 0) is 25.8 Å². The zero-order chi connectivity index (χ0) is 9.84. The first-order valence-electron chi connectivity index (χ1n) is 4.73. The van der Waals surface area contributed by atoms with Crippen molar-refractivity contribution in [3.8, 4) is 5.88 Å². The maximum atomic E-state index is 5.49. The average molecular weight is 190 g/mol. The molecule has 0 bridgehead atoms. The largest absolute Gasteiger partial charge is 0.475 e. The van der Waals surface area contributed by atoms with Crippen molar-refractivity contribution in [2.75, 3.05) is 0 Å². The smallest absolute Gasteiger partial charge is 0.213 e.